The highest BCUT2D eigenvalue weighted by Crippen LogP contribution is 2.17. The Hall–Kier alpha value is -3.96. The van der Waals surface area contributed by atoms with Gasteiger partial charge in [0, 0.05) is 12.6 Å². The molecule has 3 aromatic rings. The van der Waals surface area contributed by atoms with Crippen molar-refractivity contribution >= 4 is 23.2 Å². The predicted octanol–water partition coefficient (Wildman–Crippen LogP) is 2.15. The third-order valence-electron chi connectivity index (χ3n) is 4.58. The zero-order valence-corrected chi connectivity index (χ0v) is 18.1. The molecule has 9 heteroatoms. The van der Waals surface area contributed by atoms with Crippen LogP contribution < -0.4 is 21.3 Å². The van der Waals surface area contributed by atoms with Crippen LogP contribution in [0.25, 0.3) is 0 Å². The number of benzene rings is 2. The number of methoxy groups -OCH3 is 1. The second kappa shape index (κ2) is 9.90. The molecule has 0 aliphatic rings. The molecule has 0 saturated carbocycles. The summed E-state index contributed by atoms with van der Waals surface area (Å²) in [6.45, 7) is -0.122. The normalized spacial score (nSPS) is 10.2. The maximum absolute atomic E-state index is 12.5. The third kappa shape index (κ3) is 5.20. The molecule has 0 spiro atoms. The number of phenolic OH excluding ortho intramolecular Hbond substituents is 1. The van der Waals surface area contributed by atoms with Gasteiger partial charge in [0.15, 0.2) is 0 Å². The minimum absolute atomic E-state index is 0.0000896. The number of ether oxygens (including phenoxy) is 1. The van der Waals surface area contributed by atoms with Crippen LogP contribution in [0.1, 0.15) is 11.1 Å². The first kappa shape index (κ1) is 22.7. The molecule has 0 saturated heterocycles. The Morgan fingerprint density at radius 1 is 1.19 bits per heavy atom. The van der Waals surface area contributed by atoms with Crippen molar-refractivity contribution in [3.8, 4) is 23.3 Å². The molecule has 0 aliphatic carbocycles. The van der Waals surface area contributed by atoms with Crippen molar-refractivity contribution in [1.29, 1.82) is 0 Å². The number of hydrogen-bond acceptors (Lipinski definition) is 5. The van der Waals surface area contributed by atoms with E-state index in [-0.39, 0.29) is 29.6 Å². The van der Waals surface area contributed by atoms with Crippen molar-refractivity contribution in [2.75, 3.05) is 12.4 Å². The molecular weight excluding hydrogens is 434 g/mol. The van der Waals surface area contributed by atoms with E-state index in [0.717, 1.165) is 9.13 Å². The number of amides is 1. The van der Waals surface area contributed by atoms with Gasteiger partial charge in [0.1, 0.15) is 22.3 Å². The maximum atomic E-state index is 12.5. The smallest absolute Gasteiger partial charge is 0.332 e. The van der Waals surface area contributed by atoms with Gasteiger partial charge >= 0.3 is 5.69 Å². The molecule has 2 N–H and O–H groups in total. The first-order chi connectivity index (χ1) is 15.3. The molecular formula is C23H20ClN3O5. The zero-order valence-electron chi connectivity index (χ0n) is 17.4. The lowest BCUT2D eigenvalue weighted by atomic mass is 10.1. The van der Waals surface area contributed by atoms with Gasteiger partial charge in [0.2, 0.25) is 5.91 Å². The molecule has 1 heterocycles. The minimum atomic E-state index is -0.722. The summed E-state index contributed by atoms with van der Waals surface area (Å²) >= 11 is 6.30. The Morgan fingerprint density at radius 3 is 2.56 bits per heavy atom. The molecule has 3 rings (SSSR count). The van der Waals surface area contributed by atoms with E-state index in [2.05, 4.69) is 17.2 Å². The number of nitrogens with zero attached hydrogens (tertiary/aromatic N) is 2. The highest BCUT2D eigenvalue weighted by molar-refractivity contribution is 6.32. The fraction of sp³-hybridized carbons (Fsp3) is 0.174. The summed E-state index contributed by atoms with van der Waals surface area (Å²) < 4.78 is 7.02. The van der Waals surface area contributed by atoms with E-state index in [9.17, 15) is 19.5 Å². The molecule has 1 aromatic heterocycles. The van der Waals surface area contributed by atoms with Crippen LogP contribution in [0, 0.1) is 11.8 Å². The zero-order chi connectivity index (χ0) is 23.3. The Balaban J connectivity index is 1.85. The van der Waals surface area contributed by atoms with Crippen molar-refractivity contribution < 1.29 is 14.6 Å². The number of halogens is 1. The van der Waals surface area contributed by atoms with Gasteiger partial charge in [-0.15, -0.1) is 0 Å². The molecule has 0 atom stereocenters. The SMILES string of the molecule is COc1ccc(CC(=O)Nc2c(Cl)n(CC#Cc3cccc(O)c3)c(=O)n(C)c2=O)cc1. The van der Waals surface area contributed by atoms with Crippen molar-refractivity contribution in [1.82, 2.24) is 9.13 Å². The quantitative estimate of drug-likeness (QED) is 0.455. The van der Waals surface area contributed by atoms with E-state index in [0.29, 0.717) is 16.9 Å². The van der Waals surface area contributed by atoms with Gasteiger partial charge in [-0.25, -0.2) is 4.79 Å². The van der Waals surface area contributed by atoms with Crippen LogP contribution in [0.4, 0.5) is 5.69 Å². The fourth-order valence-corrected chi connectivity index (χ4v) is 3.16. The number of rotatable bonds is 5. The Morgan fingerprint density at radius 2 is 1.91 bits per heavy atom. The summed E-state index contributed by atoms with van der Waals surface area (Å²) in [5, 5.41) is 11.8. The molecule has 32 heavy (non-hydrogen) atoms. The molecule has 1 amide bonds. The number of aromatic hydroxyl groups is 1. The van der Waals surface area contributed by atoms with Crippen molar-refractivity contribution in [3.63, 3.8) is 0 Å². The van der Waals surface area contributed by atoms with Gasteiger partial charge in [-0.05, 0) is 35.9 Å². The van der Waals surface area contributed by atoms with Crippen LogP contribution in [0.3, 0.4) is 0 Å². The molecule has 8 nitrogen and oxygen atoms in total. The van der Waals surface area contributed by atoms with E-state index in [1.807, 2.05) is 0 Å². The summed E-state index contributed by atoms with van der Waals surface area (Å²) in [6, 6.07) is 13.2. The largest absolute Gasteiger partial charge is 0.508 e. The summed E-state index contributed by atoms with van der Waals surface area (Å²) in [6.07, 6.45) is -0.0000896. The van der Waals surface area contributed by atoms with Gasteiger partial charge in [-0.2, -0.15) is 0 Å². The number of anilines is 1. The van der Waals surface area contributed by atoms with Crippen LogP contribution in [0.5, 0.6) is 11.5 Å². The summed E-state index contributed by atoms with van der Waals surface area (Å²) in [7, 11) is 2.84. The number of phenols is 1. The second-order valence-corrected chi connectivity index (χ2v) is 7.18. The van der Waals surface area contributed by atoms with Gasteiger partial charge in [0.05, 0.1) is 20.1 Å². The minimum Gasteiger partial charge on any atom is -0.508 e. The third-order valence-corrected chi connectivity index (χ3v) is 4.98. The summed E-state index contributed by atoms with van der Waals surface area (Å²) in [4.78, 5) is 37.5. The molecule has 0 radical (unpaired) electrons. The molecule has 2 aromatic carbocycles. The Bertz CT molecular complexity index is 1330. The van der Waals surface area contributed by atoms with Crippen molar-refractivity contribution in [2.24, 2.45) is 7.05 Å². The standard InChI is InChI=1S/C23H20ClN3O5/c1-26-22(30)20(25-19(29)14-16-8-10-18(32-2)11-9-16)21(24)27(23(26)31)12-4-6-15-5-3-7-17(28)13-15/h3,5,7-11,13,28H,12,14H2,1-2H3,(H,25,29). The number of nitrogens with one attached hydrogen (secondary N) is 1. The highest BCUT2D eigenvalue weighted by Gasteiger charge is 2.18. The fourth-order valence-electron chi connectivity index (χ4n) is 2.90. The monoisotopic (exact) mass is 453 g/mol. The van der Waals surface area contributed by atoms with E-state index in [4.69, 9.17) is 16.3 Å². The van der Waals surface area contributed by atoms with Gasteiger partial charge in [-0.3, -0.25) is 18.7 Å². The van der Waals surface area contributed by atoms with Crippen LogP contribution >= 0.6 is 11.6 Å². The summed E-state index contributed by atoms with van der Waals surface area (Å²) in [5.41, 5.74) is -0.335. The van der Waals surface area contributed by atoms with E-state index >= 15 is 0 Å². The van der Waals surface area contributed by atoms with Crippen molar-refractivity contribution in [2.45, 2.75) is 13.0 Å². The van der Waals surface area contributed by atoms with E-state index < -0.39 is 17.2 Å². The number of carbonyl (C=O) groups excluding carboxylic acids is 1. The van der Waals surface area contributed by atoms with Gasteiger partial charge in [-0.1, -0.05) is 41.6 Å². The first-order valence-corrected chi connectivity index (χ1v) is 9.88. The lowest BCUT2D eigenvalue weighted by Gasteiger charge is -2.13. The van der Waals surface area contributed by atoms with E-state index in [1.54, 1.807) is 43.5 Å². The van der Waals surface area contributed by atoms with Gasteiger partial charge < -0.3 is 15.2 Å². The molecule has 0 bridgehead atoms. The lowest BCUT2D eigenvalue weighted by Crippen LogP contribution is -2.40. The number of carbonyl (C=O) groups is 1. The molecule has 164 valence electrons. The van der Waals surface area contributed by atoms with Crippen LogP contribution in [0.2, 0.25) is 5.15 Å². The topological polar surface area (TPSA) is 103 Å². The maximum Gasteiger partial charge on any atom is 0.332 e. The lowest BCUT2D eigenvalue weighted by molar-refractivity contribution is -0.115. The predicted molar refractivity (Wildman–Crippen MR) is 121 cm³/mol. The average molecular weight is 454 g/mol. The van der Waals surface area contributed by atoms with Crippen LogP contribution in [0.15, 0.2) is 58.1 Å². The van der Waals surface area contributed by atoms with Crippen LogP contribution in [-0.4, -0.2) is 27.3 Å². The number of aromatic nitrogens is 2. The van der Waals surface area contributed by atoms with Crippen molar-refractivity contribution in [3.05, 3.63) is 85.6 Å². The second-order valence-electron chi connectivity index (χ2n) is 6.82. The summed E-state index contributed by atoms with van der Waals surface area (Å²) in [5.74, 6) is 5.85. The Labute approximate surface area is 188 Å². The van der Waals surface area contributed by atoms with Crippen LogP contribution in [-0.2, 0) is 24.8 Å². The highest BCUT2D eigenvalue weighted by atomic mass is 35.5. The van der Waals surface area contributed by atoms with E-state index in [1.165, 1.54) is 19.2 Å². The average Bonchev–Trinajstić information content (AvgIpc) is 2.78. The molecule has 0 fully saturated rings. The first-order valence-electron chi connectivity index (χ1n) is 9.50. The number of hydrogen-bond donors (Lipinski definition) is 2. The molecule has 0 unspecified atom stereocenters. The Kier molecular flexibility index (Phi) is 7.03. The van der Waals surface area contributed by atoms with Gasteiger partial charge in [0.25, 0.3) is 5.56 Å². The molecule has 0 aliphatic heterocycles.